The third kappa shape index (κ3) is 1.96. The third-order valence-electron chi connectivity index (χ3n) is 27.1. The fraction of sp³-hybridized carbons (Fsp3) is 0.149. The van der Waals surface area contributed by atoms with Crippen molar-refractivity contribution in [3.63, 3.8) is 0 Å². The van der Waals surface area contributed by atoms with Crippen molar-refractivity contribution in [3.8, 4) is 0 Å². The summed E-state index contributed by atoms with van der Waals surface area (Å²) in [7, 11) is 1.74. The molecule has 1 aliphatic heterocycles. The number of ether oxygens (including phenoxy) is 3. The summed E-state index contributed by atoms with van der Waals surface area (Å²) in [5, 5.41) is 88.8. The number of methoxy groups -OCH3 is 1. The van der Waals surface area contributed by atoms with E-state index in [9.17, 15) is 0 Å². The summed E-state index contributed by atoms with van der Waals surface area (Å²) < 4.78 is 18.1. The number of aromatic nitrogens is 1. The Morgan fingerprint density at radius 1 is 0.354 bits per heavy atom. The Morgan fingerprint density at radius 3 is 0.899 bits per heavy atom. The Kier molecular flexibility index (Phi) is 3.29. The van der Waals surface area contributed by atoms with Crippen molar-refractivity contribution >= 4 is 291 Å². The second-order valence-electron chi connectivity index (χ2n) is 27.8. The van der Waals surface area contributed by atoms with Crippen LogP contribution in [0.4, 0.5) is 0 Å². The van der Waals surface area contributed by atoms with Crippen LogP contribution in [0.1, 0.15) is 33.9 Å². The van der Waals surface area contributed by atoms with Crippen LogP contribution in [-0.2, 0) is 25.0 Å². The minimum atomic E-state index is -0.426. The predicted octanol–water partition coefficient (Wildman–Crippen LogP) is 17.4. The van der Waals surface area contributed by atoms with Crippen molar-refractivity contribution in [1.82, 2.24) is 9.88 Å². The molecule has 5 nitrogen and oxygen atoms in total. The first-order valence-corrected chi connectivity index (χ1v) is 29.4. The molecule has 1 fully saturated rings. The van der Waals surface area contributed by atoms with Gasteiger partial charge in [-0.15, -0.1) is 0 Å². The van der Waals surface area contributed by atoms with E-state index in [1.54, 1.807) is 320 Å². The maximum absolute atomic E-state index is 6.75. The van der Waals surface area contributed by atoms with Crippen LogP contribution in [0.15, 0.2) is 24.5 Å². The van der Waals surface area contributed by atoms with Gasteiger partial charge in [-0.05, 0) is 325 Å². The first-order chi connectivity index (χ1) is 39.4. The number of benzene rings is 18. The summed E-state index contributed by atoms with van der Waals surface area (Å²) >= 11 is 0. The van der Waals surface area contributed by atoms with Crippen LogP contribution in [-0.4, -0.2) is 63.1 Å². The zero-order valence-electron chi connectivity index (χ0n) is 41.5. The molecule has 0 saturated carbocycles. The molecule has 2 heterocycles. The molecular weight excluding hydrogens is 965 g/mol. The molecule has 28 aromatic carbocycles. The van der Waals surface area contributed by atoms with Gasteiger partial charge in [-0.3, -0.25) is 9.88 Å². The average molecular weight is 987 g/mol. The van der Waals surface area contributed by atoms with E-state index in [1.807, 2.05) is 6.20 Å². The van der Waals surface area contributed by atoms with Crippen molar-refractivity contribution in [2.45, 2.75) is 16.9 Å². The average Bonchev–Trinajstić information content (AvgIpc) is 1.48. The molecule has 0 bridgehead atoms. The van der Waals surface area contributed by atoms with Crippen LogP contribution in [0.2, 0.25) is 0 Å². The lowest BCUT2D eigenvalue weighted by molar-refractivity contribution is 0.0180. The summed E-state index contributed by atoms with van der Waals surface area (Å²) in [6.45, 7) is 4.78. The van der Waals surface area contributed by atoms with Gasteiger partial charge >= 0.3 is 0 Å². The molecule has 5 aliphatic rings. The Bertz CT molecular complexity index is 7380. The lowest BCUT2D eigenvalue weighted by atomic mass is 9.47. The minimum Gasteiger partial charge on any atom is -0.382 e. The highest BCUT2D eigenvalue weighted by Crippen LogP contribution is 2.87. The molecule has 346 valence electrons. The van der Waals surface area contributed by atoms with Gasteiger partial charge in [0.15, 0.2) is 0 Å². The van der Waals surface area contributed by atoms with E-state index in [2.05, 4.69) is 23.2 Å². The van der Waals surface area contributed by atoms with Crippen molar-refractivity contribution < 1.29 is 14.2 Å². The molecule has 4 aliphatic carbocycles. The van der Waals surface area contributed by atoms with Gasteiger partial charge in [-0.1, -0.05) is 6.07 Å². The van der Waals surface area contributed by atoms with Crippen molar-refractivity contribution in [1.29, 1.82) is 0 Å². The van der Waals surface area contributed by atoms with Crippen molar-refractivity contribution in [2.24, 2.45) is 0 Å². The fourth-order valence-corrected chi connectivity index (χ4v) is 26.8. The van der Waals surface area contributed by atoms with Crippen molar-refractivity contribution in [3.05, 3.63) is 52.3 Å². The number of hydrogen-bond donors (Lipinski definition) is 0. The first kappa shape index (κ1) is 32.4. The zero-order chi connectivity index (χ0) is 47.8. The maximum Gasteiger partial charge on any atom is 0.0701 e. The topological polar surface area (TPSA) is 43.8 Å². The Morgan fingerprint density at radius 2 is 0.620 bits per heavy atom. The van der Waals surface area contributed by atoms with Crippen LogP contribution < -0.4 is 0 Å². The summed E-state index contributed by atoms with van der Waals surface area (Å²) in [6, 6.07) is 4.77. The summed E-state index contributed by atoms with van der Waals surface area (Å²) in [4.78, 5) is 8.15. The van der Waals surface area contributed by atoms with Crippen molar-refractivity contribution in [2.75, 3.05) is 53.2 Å². The number of hydrogen-bond acceptors (Lipinski definition) is 5. The van der Waals surface area contributed by atoms with E-state index in [0.717, 1.165) is 13.1 Å². The smallest absolute Gasteiger partial charge is 0.0701 e. The van der Waals surface area contributed by atoms with E-state index in [4.69, 9.17) is 19.2 Å². The fourth-order valence-electron chi connectivity index (χ4n) is 26.8. The molecule has 0 amide bonds. The minimum absolute atomic E-state index is 0.0264. The van der Waals surface area contributed by atoms with Crippen LogP contribution in [0.5, 0.6) is 0 Å². The molecule has 1 unspecified atom stereocenters. The van der Waals surface area contributed by atoms with E-state index in [1.165, 1.54) is 5.56 Å². The highest BCUT2D eigenvalue weighted by molar-refractivity contribution is 6.82. The third-order valence-corrected chi connectivity index (χ3v) is 27.1. The van der Waals surface area contributed by atoms with Gasteiger partial charge in [0.1, 0.15) is 0 Å². The molecule has 1 saturated heterocycles. The quantitative estimate of drug-likeness (QED) is 0.101. The van der Waals surface area contributed by atoms with Gasteiger partial charge in [-0.25, -0.2) is 0 Å². The molecule has 1 atom stereocenters. The summed E-state index contributed by atoms with van der Waals surface area (Å²) in [5.74, 6) is 0. The summed E-state index contributed by atoms with van der Waals surface area (Å²) in [5.41, 5.74) is 7.46. The number of rotatable bonds is 10. The number of likely N-dealkylation sites (tertiary alicyclic amines) is 1. The van der Waals surface area contributed by atoms with Gasteiger partial charge in [0, 0.05) is 32.6 Å². The van der Waals surface area contributed by atoms with Crippen LogP contribution in [0.3, 0.4) is 0 Å². The molecule has 5 heteroatoms. The van der Waals surface area contributed by atoms with Gasteiger partial charge in [0.25, 0.3) is 0 Å². The number of pyridine rings is 1. The molecule has 79 heavy (non-hydrogen) atoms. The second kappa shape index (κ2) is 8.02. The molecule has 1 aromatic heterocycles. The summed E-state index contributed by atoms with van der Waals surface area (Å²) in [6.07, 6.45) is 4.32. The molecule has 0 radical (unpaired) electrons. The van der Waals surface area contributed by atoms with E-state index in [0.29, 0.717) is 33.0 Å². The lowest BCUT2D eigenvalue weighted by Crippen LogP contribution is -2.52. The monoisotopic (exact) mass is 986 g/mol. The standard InChI is InChI=1S/C74H22N2O3/c1-77-7-8-79-10-9-78-6-5-76-12-73-68-60-52-42-32-24-16-14-15-18-22-20(16)28-36-30(22)40-34-26(18)27-19(15)23-21-17(14)25(24)33-39-29(21)37-31(23)41-35(27)45-44(34)56-50(40)58-48(36)54(46(52)38(28)32)62(68)64(58)70-66(56)67-57(45)51(41)59-49(37)55-47(39)53(43(33)42)61(60)69(73)63(55)65(59)71(67)74(70,73)72(76)13-3-2-4-75-11-13/h2-4,11,72H,5-10,12H2,1H3. The van der Waals surface area contributed by atoms with Crippen LogP contribution >= 0.6 is 0 Å². The van der Waals surface area contributed by atoms with Gasteiger partial charge in [0.05, 0.1) is 49.9 Å². The second-order valence-corrected chi connectivity index (χ2v) is 27.8. The highest BCUT2D eigenvalue weighted by Gasteiger charge is 2.76. The van der Waals surface area contributed by atoms with E-state index in [-0.39, 0.29) is 11.5 Å². The molecule has 2 spiro atoms. The number of nitrogens with zero attached hydrogens (tertiary/aromatic N) is 2. The molecule has 29 aromatic rings. The molecule has 34 rings (SSSR count). The Hall–Kier alpha value is -8.55. The Labute approximate surface area is 435 Å². The Balaban J connectivity index is 0.983. The van der Waals surface area contributed by atoms with E-state index >= 15 is 0 Å². The van der Waals surface area contributed by atoms with Gasteiger partial charge < -0.3 is 14.2 Å². The largest absolute Gasteiger partial charge is 0.382 e. The lowest BCUT2D eigenvalue weighted by Gasteiger charge is -2.52. The molecular formula is C74H22N2O3. The maximum atomic E-state index is 6.75. The van der Waals surface area contributed by atoms with E-state index < -0.39 is 5.41 Å². The van der Waals surface area contributed by atoms with Gasteiger partial charge in [0.2, 0.25) is 0 Å². The van der Waals surface area contributed by atoms with Crippen LogP contribution in [0.25, 0.3) is 291 Å². The first-order valence-electron chi connectivity index (χ1n) is 29.4. The highest BCUT2D eigenvalue weighted by atomic mass is 16.5. The van der Waals surface area contributed by atoms with Crippen LogP contribution in [0, 0.1) is 0 Å². The zero-order valence-corrected chi connectivity index (χ0v) is 41.5. The van der Waals surface area contributed by atoms with Gasteiger partial charge in [-0.2, -0.15) is 0 Å². The normalized spacial score (nSPS) is 22.6. The SMILES string of the molecule is COCCOCCOCCN1CC23c4c5c6c7c8c9c(c%10c%11c2c2c4c4c%12c5c5c6c6c8c8c%13c9c9c%10c%10c%11c%11c2c2c4c4c%12c%12c5c5c6c8c6c8c%13c9c9c%10c%10c%11c2c2c4c4c%12c5c6c5c8c9c%10c2c45)C73C1c1cccnc1. The molecule has 0 N–H and O–H groups in total. The predicted molar refractivity (Wildman–Crippen MR) is 326 cm³/mol.